The first-order chi connectivity index (χ1) is 13.5. The number of amides is 1. The van der Waals surface area contributed by atoms with Gasteiger partial charge < -0.3 is 9.42 Å². The number of piperidine rings is 1. The molecule has 28 heavy (non-hydrogen) atoms. The minimum absolute atomic E-state index is 0.0222. The topological polar surface area (TPSA) is 72.1 Å². The van der Waals surface area contributed by atoms with E-state index in [4.69, 9.17) is 4.52 Å². The molecule has 4 rings (SSSR count). The Morgan fingerprint density at radius 1 is 1.11 bits per heavy atom. The average Bonchev–Trinajstić information content (AvgIpc) is 3.06. The summed E-state index contributed by atoms with van der Waals surface area (Å²) in [5.74, 6) is 1.18. The molecular formula is C22H24N4O2. The molecule has 1 aliphatic rings. The second-order valence-corrected chi connectivity index (χ2v) is 7.40. The smallest absolute Gasteiger partial charge is 0.272 e. The monoisotopic (exact) mass is 376 g/mol. The molecule has 0 radical (unpaired) electrons. The van der Waals surface area contributed by atoms with E-state index in [0.717, 1.165) is 59.8 Å². The lowest BCUT2D eigenvalue weighted by molar-refractivity contribution is 0.0705. The van der Waals surface area contributed by atoms with Gasteiger partial charge in [-0.1, -0.05) is 11.2 Å². The van der Waals surface area contributed by atoms with Crippen molar-refractivity contribution in [2.24, 2.45) is 0 Å². The number of carbonyl (C=O) groups excluding carboxylic acids is 1. The maximum atomic E-state index is 12.8. The molecule has 6 heteroatoms. The van der Waals surface area contributed by atoms with Crippen LogP contribution in [0.1, 0.15) is 52.0 Å². The molecule has 0 aromatic carbocycles. The average molecular weight is 376 g/mol. The van der Waals surface area contributed by atoms with Crippen LogP contribution in [0, 0.1) is 20.8 Å². The van der Waals surface area contributed by atoms with Crippen molar-refractivity contribution in [1.82, 2.24) is 20.0 Å². The Labute approximate surface area is 164 Å². The van der Waals surface area contributed by atoms with E-state index < -0.39 is 0 Å². The zero-order chi connectivity index (χ0) is 19.7. The first kappa shape index (κ1) is 18.3. The van der Waals surface area contributed by atoms with E-state index in [1.54, 1.807) is 6.20 Å². The third kappa shape index (κ3) is 3.42. The molecule has 144 valence electrons. The Morgan fingerprint density at radius 2 is 1.89 bits per heavy atom. The van der Waals surface area contributed by atoms with Gasteiger partial charge in [0.25, 0.3) is 5.91 Å². The van der Waals surface area contributed by atoms with Crippen LogP contribution in [0.3, 0.4) is 0 Å². The first-order valence-electron chi connectivity index (χ1n) is 9.64. The van der Waals surface area contributed by atoms with E-state index in [0.29, 0.717) is 11.6 Å². The number of aromatic nitrogens is 3. The van der Waals surface area contributed by atoms with Crippen LogP contribution < -0.4 is 0 Å². The predicted molar refractivity (Wildman–Crippen MR) is 106 cm³/mol. The lowest BCUT2D eigenvalue weighted by Gasteiger charge is -2.32. The summed E-state index contributed by atoms with van der Waals surface area (Å²) in [7, 11) is 0. The summed E-state index contributed by atoms with van der Waals surface area (Å²) in [5.41, 5.74) is 5.56. The normalized spacial score (nSPS) is 15.0. The van der Waals surface area contributed by atoms with Crippen LogP contribution in [0.2, 0.25) is 0 Å². The Kier molecular flexibility index (Phi) is 4.94. The number of hydrogen-bond donors (Lipinski definition) is 0. The highest BCUT2D eigenvalue weighted by Crippen LogP contribution is 2.32. The largest absolute Gasteiger partial charge is 0.361 e. The molecular weight excluding hydrogens is 352 g/mol. The quantitative estimate of drug-likeness (QED) is 0.689. The second-order valence-electron chi connectivity index (χ2n) is 7.40. The Hall–Kier alpha value is -3.02. The molecule has 1 aliphatic heterocycles. The van der Waals surface area contributed by atoms with Crippen LogP contribution in [0.25, 0.3) is 11.1 Å². The molecule has 3 aromatic rings. The zero-order valence-electron chi connectivity index (χ0n) is 16.5. The minimum Gasteiger partial charge on any atom is -0.361 e. The van der Waals surface area contributed by atoms with E-state index in [1.807, 2.05) is 50.1 Å². The molecule has 0 saturated carbocycles. The lowest BCUT2D eigenvalue weighted by atomic mass is 9.91. The molecule has 3 aromatic heterocycles. The van der Waals surface area contributed by atoms with Crippen molar-refractivity contribution in [3.63, 3.8) is 0 Å². The van der Waals surface area contributed by atoms with Gasteiger partial charge in [-0.2, -0.15) is 0 Å². The Bertz CT molecular complexity index is 984. The highest BCUT2D eigenvalue weighted by atomic mass is 16.5. The van der Waals surface area contributed by atoms with Gasteiger partial charge in [-0.3, -0.25) is 14.8 Å². The van der Waals surface area contributed by atoms with E-state index >= 15 is 0 Å². The first-order valence-corrected chi connectivity index (χ1v) is 9.64. The van der Waals surface area contributed by atoms with Crippen molar-refractivity contribution in [2.45, 2.75) is 39.5 Å². The molecule has 6 nitrogen and oxygen atoms in total. The summed E-state index contributed by atoms with van der Waals surface area (Å²) in [5, 5.41) is 4.05. The SMILES string of the molecule is Cc1cccnc1C(=O)N1CCC(c2cc(-c3c(C)noc3C)ccn2)CC1. The van der Waals surface area contributed by atoms with Gasteiger partial charge in [-0.25, -0.2) is 0 Å². The van der Waals surface area contributed by atoms with Crippen LogP contribution in [0.4, 0.5) is 0 Å². The molecule has 0 aliphatic carbocycles. The van der Waals surface area contributed by atoms with Crippen molar-refractivity contribution in [2.75, 3.05) is 13.1 Å². The summed E-state index contributed by atoms with van der Waals surface area (Å²) < 4.78 is 5.31. The number of rotatable bonds is 3. The molecule has 1 fully saturated rings. The van der Waals surface area contributed by atoms with Crippen LogP contribution >= 0.6 is 0 Å². The number of carbonyl (C=O) groups is 1. The highest BCUT2D eigenvalue weighted by Gasteiger charge is 2.27. The summed E-state index contributed by atoms with van der Waals surface area (Å²) in [6.07, 6.45) is 5.33. The summed E-state index contributed by atoms with van der Waals surface area (Å²) in [6.45, 7) is 7.25. The van der Waals surface area contributed by atoms with Crippen molar-refractivity contribution in [1.29, 1.82) is 0 Å². The standard InChI is InChI=1S/C22H24N4O2/c1-14-5-4-9-24-21(14)22(27)26-11-7-17(8-12-26)19-13-18(6-10-23-19)20-15(2)25-28-16(20)3/h4-6,9-10,13,17H,7-8,11-12H2,1-3H3. The summed E-state index contributed by atoms with van der Waals surface area (Å²) >= 11 is 0. The third-order valence-corrected chi connectivity index (χ3v) is 5.52. The fourth-order valence-corrected chi connectivity index (χ4v) is 3.96. The van der Waals surface area contributed by atoms with Gasteiger partial charge in [-0.05, 0) is 62.9 Å². The molecule has 0 atom stereocenters. The lowest BCUT2D eigenvalue weighted by Crippen LogP contribution is -2.38. The van der Waals surface area contributed by atoms with Crippen LogP contribution in [-0.4, -0.2) is 39.0 Å². The molecule has 0 N–H and O–H groups in total. The molecule has 1 amide bonds. The maximum absolute atomic E-state index is 12.8. The minimum atomic E-state index is 0.0222. The number of likely N-dealkylation sites (tertiary alicyclic amines) is 1. The maximum Gasteiger partial charge on any atom is 0.272 e. The van der Waals surface area contributed by atoms with Gasteiger partial charge in [0.05, 0.1) is 5.69 Å². The van der Waals surface area contributed by atoms with E-state index in [2.05, 4.69) is 21.2 Å². The van der Waals surface area contributed by atoms with Crippen LogP contribution in [0.15, 0.2) is 41.2 Å². The van der Waals surface area contributed by atoms with E-state index in [9.17, 15) is 4.79 Å². The Balaban J connectivity index is 1.48. The molecule has 0 bridgehead atoms. The van der Waals surface area contributed by atoms with Crippen molar-refractivity contribution < 1.29 is 9.32 Å². The van der Waals surface area contributed by atoms with Gasteiger partial charge in [0, 0.05) is 42.7 Å². The zero-order valence-corrected chi connectivity index (χ0v) is 16.5. The summed E-state index contributed by atoms with van der Waals surface area (Å²) in [6, 6.07) is 7.92. The van der Waals surface area contributed by atoms with Gasteiger partial charge in [-0.15, -0.1) is 0 Å². The van der Waals surface area contributed by atoms with E-state index in [-0.39, 0.29) is 5.91 Å². The van der Waals surface area contributed by atoms with Gasteiger partial charge in [0.15, 0.2) is 0 Å². The molecule has 0 unspecified atom stereocenters. The summed E-state index contributed by atoms with van der Waals surface area (Å²) in [4.78, 5) is 23.6. The number of nitrogens with zero attached hydrogens (tertiary/aromatic N) is 4. The number of aryl methyl sites for hydroxylation is 3. The number of hydrogen-bond acceptors (Lipinski definition) is 5. The highest BCUT2D eigenvalue weighted by molar-refractivity contribution is 5.93. The van der Waals surface area contributed by atoms with Crippen molar-refractivity contribution >= 4 is 5.91 Å². The fraction of sp³-hybridized carbons (Fsp3) is 0.364. The second kappa shape index (κ2) is 7.54. The van der Waals surface area contributed by atoms with Crippen LogP contribution in [-0.2, 0) is 0 Å². The van der Waals surface area contributed by atoms with E-state index in [1.165, 1.54) is 0 Å². The molecule has 0 spiro atoms. The van der Waals surface area contributed by atoms with Gasteiger partial charge in [0.1, 0.15) is 11.5 Å². The van der Waals surface area contributed by atoms with Gasteiger partial charge >= 0.3 is 0 Å². The Morgan fingerprint density at radius 3 is 2.57 bits per heavy atom. The predicted octanol–water partition coefficient (Wildman–Crippen LogP) is 4.08. The third-order valence-electron chi connectivity index (χ3n) is 5.52. The molecule has 4 heterocycles. The molecule has 1 saturated heterocycles. The fourth-order valence-electron chi connectivity index (χ4n) is 3.96. The van der Waals surface area contributed by atoms with Crippen molar-refractivity contribution in [3.05, 3.63) is 65.1 Å². The van der Waals surface area contributed by atoms with Crippen molar-refractivity contribution in [3.8, 4) is 11.1 Å². The van der Waals surface area contributed by atoms with Gasteiger partial charge in [0.2, 0.25) is 0 Å². The number of pyridine rings is 2. The van der Waals surface area contributed by atoms with Crippen LogP contribution in [0.5, 0.6) is 0 Å².